The van der Waals surface area contributed by atoms with Gasteiger partial charge in [0, 0.05) is 13.2 Å². The van der Waals surface area contributed by atoms with Crippen LogP contribution in [-0.4, -0.2) is 47.7 Å². The molecule has 0 spiro atoms. The van der Waals surface area contributed by atoms with Crippen LogP contribution in [0, 0.1) is 0 Å². The summed E-state index contributed by atoms with van der Waals surface area (Å²) in [6.45, 7) is 5.97. The molecule has 0 aromatic heterocycles. The van der Waals surface area contributed by atoms with Crippen molar-refractivity contribution in [2.24, 2.45) is 0 Å². The number of aliphatic carboxylic acids is 1. The second-order valence-electron chi connectivity index (χ2n) is 3.10. The largest absolute Gasteiger partial charge is 0.480 e. The van der Waals surface area contributed by atoms with Crippen LogP contribution in [0.4, 0.5) is 0 Å². The van der Waals surface area contributed by atoms with Gasteiger partial charge >= 0.3 is 5.97 Å². The molecule has 0 rings (SSSR count). The van der Waals surface area contributed by atoms with E-state index in [4.69, 9.17) is 9.84 Å². The van der Waals surface area contributed by atoms with Crippen molar-refractivity contribution in [1.29, 1.82) is 0 Å². The minimum Gasteiger partial charge on any atom is -0.480 e. The second kappa shape index (κ2) is 7.23. The van der Waals surface area contributed by atoms with Crippen LogP contribution in [0.25, 0.3) is 0 Å². The Balaban J connectivity index is 4.39. The van der Waals surface area contributed by atoms with Gasteiger partial charge in [-0.3, -0.25) is 9.59 Å². The molecule has 0 heterocycles. The molecule has 15 heavy (non-hydrogen) atoms. The molecule has 1 N–H and O–H groups in total. The van der Waals surface area contributed by atoms with Crippen LogP contribution in [0.5, 0.6) is 0 Å². The van der Waals surface area contributed by atoms with Crippen LogP contribution in [0.1, 0.15) is 27.2 Å². The highest BCUT2D eigenvalue weighted by Gasteiger charge is 2.23. The van der Waals surface area contributed by atoms with Crippen LogP contribution in [0.15, 0.2) is 0 Å². The first-order chi connectivity index (χ1) is 7.06. The zero-order valence-corrected chi connectivity index (χ0v) is 9.52. The van der Waals surface area contributed by atoms with Gasteiger partial charge in [-0.1, -0.05) is 6.92 Å². The third kappa shape index (κ3) is 4.78. The SMILES string of the molecule is CCOC(CC)C(=O)N(CC)CC(=O)O. The van der Waals surface area contributed by atoms with Crippen LogP contribution in [0.2, 0.25) is 0 Å². The van der Waals surface area contributed by atoms with E-state index < -0.39 is 12.1 Å². The summed E-state index contributed by atoms with van der Waals surface area (Å²) in [5.41, 5.74) is 0. The molecule has 0 bridgehead atoms. The fourth-order valence-corrected chi connectivity index (χ4v) is 1.28. The molecule has 1 atom stereocenters. The summed E-state index contributed by atoms with van der Waals surface area (Å²) in [7, 11) is 0. The number of hydrogen-bond donors (Lipinski definition) is 1. The first kappa shape index (κ1) is 13.9. The maximum atomic E-state index is 11.8. The number of amides is 1. The van der Waals surface area contributed by atoms with Gasteiger partial charge in [-0.15, -0.1) is 0 Å². The van der Waals surface area contributed by atoms with E-state index in [-0.39, 0.29) is 12.5 Å². The van der Waals surface area contributed by atoms with Crippen molar-refractivity contribution in [1.82, 2.24) is 4.90 Å². The van der Waals surface area contributed by atoms with E-state index in [0.717, 1.165) is 0 Å². The predicted molar refractivity (Wildman–Crippen MR) is 55.6 cm³/mol. The van der Waals surface area contributed by atoms with Gasteiger partial charge in [0.25, 0.3) is 5.91 Å². The molecule has 0 aliphatic heterocycles. The van der Waals surface area contributed by atoms with E-state index in [1.807, 2.05) is 13.8 Å². The normalized spacial score (nSPS) is 12.2. The van der Waals surface area contributed by atoms with Crippen LogP contribution in [0.3, 0.4) is 0 Å². The van der Waals surface area contributed by atoms with Crippen molar-refractivity contribution in [3.8, 4) is 0 Å². The molecule has 0 aromatic rings. The molecule has 0 radical (unpaired) electrons. The lowest BCUT2D eigenvalue weighted by atomic mass is 10.2. The van der Waals surface area contributed by atoms with Crippen molar-refractivity contribution in [3.63, 3.8) is 0 Å². The smallest absolute Gasteiger partial charge is 0.323 e. The minimum atomic E-state index is -1.00. The lowest BCUT2D eigenvalue weighted by molar-refractivity contribution is -0.150. The Morgan fingerprint density at radius 3 is 2.27 bits per heavy atom. The molecule has 0 saturated heterocycles. The summed E-state index contributed by atoms with van der Waals surface area (Å²) in [6.07, 6.45) is 0.0392. The Bertz CT molecular complexity index is 217. The standard InChI is InChI=1S/C10H19NO4/c1-4-8(15-6-3)10(14)11(5-2)7-9(12)13/h8H,4-7H2,1-3H3,(H,12,13). The summed E-state index contributed by atoms with van der Waals surface area (Å²) < 4.78 is 5.23. The Labute approximate surface area is 90.0 Å². The molecule has 0 saturated carbocycles. The zero-order valence-electron chi connectivity index (χ0n) is 9.52. The van der Waals surface area contributed by atoms with Gasteiger partial charge in [0.1, 0.15) is 12.6 Å². The molecule has 88 valence electrons. The van der Waals surface area contributed by atoms with E-state index in [1.54, 1.807) is 6.92 Å². The first-order valence-electron chi connectivity index (χ1n) is 5.18. The van der Waals surface area contributed by atoms with Gasteiger partial charge < -0.3 is 14.7 Å². The molecule has 5 nitrogen and oxygen atoms in total. The molecule has 0 aliphatic carbocycles. The lowest BCUT2D eigenvalue weighted by Gasteiger charge is -2.23. The molecule has 1 amide bonds. The predicted octanol–water partition coefficient (Wildman–Crippen LogP) is 0.735. The van der Waals surface area contributed by atoms with Gasteiger partial charge in [-0.2, -0.15) is 0 Å². The highest BCUT2D eigenvalue weighted by molar-refractivity contribution is 5.84. The highest BCUT2D eigenvalue weighted by Crippen LogP contribution is 2.04. The number of ether oxygens (including phenoxy) is 1. The summed E-state index contributed by atoms with van der Waals surface area (Å²) in [5.74, 6) is -1.25. The Morgan fingerprint density at radius 1 is 1.33 bits per heavy atom. The molecule has 1 unspecified atom stereocenters. The summed E-state index contributed by atoms with van der Waals surface area (Å²) in [4.78, 5) is 23.6. The van der Waals surface area contributed by atoms with E-state index in [2.05, 4.69) is 0 Å². The quantitative estimate of drug-likeness (QED) is 0.682. The van der Waals surface area contributed by atoms with Crippen LogP contribution in [-0.2, 0) is 14.3 Å². The third-order valence-corrected chi connectivity index (χ3v) is 2.03. The Morgan fingerprint density at radius 2 is 1.93 bits per heavy atom. The maximum Gasteiger partial charge on any atom is 0.323 e. The van der Waals surface area contributed by atoms with Gasteiger partial charge in [0.05, 0.1) is 0 Å². The van der Waals surface area contributed by atoms with Crippen molar-refractivity contribution in [3.05, 3.63) is 0 Å². The number of rotatable bonds is 7. The first-order valence-corrected chi connectivity index (χ1v) is 5.18. The maximum absolute atomic E-state index is 11.8. The van der Waals surface area contributed by atoms with Crippen molar-refractivity contribution in [2.45, 2.75) is 33.3 Å². The minimum absolute atomic E-state index is 0.246. The summed E-state index contributed by atoms with van der Waals surface area (Å²) in [5, 5.41) is 8.61. The van der Waals surface area contributed by atoms with Crippen molar-refractivity contribution >= 4 is 11.9 Å². The number of likely N-dealkylation sites (N-methyl/N-ethyl adjacent to an activating group) is 1. The number of carbonyl (C=O) groups excluding carboxylic acids is 1. The van der Waals surface area contributed by atoms with Crippen molar-refractivity contribution in [2.75, 3.05) is 19.7 Å². The molecule has 0 fully saturated rings. The number of carboxylic acid groups (broad SMARTS) is 1. The van der Waals surface area contributed by atoms with Gasteiger partial charge in [-0.05, 0) is 20.3 Å². The zero-order chi connectivity index (χ0) is 11.8. The van der Waals surface area contributed by atoms with E-state index in [9.17, 15) is 9.59 Å². The molecule has 5 heteroatoms. The highest BCUT2D eigenvalue weighted by atomic mass is 16.5. The molecule has 0 aliphatic rings. The number of hydrogen-bond acceptors (Lipinski definition) is 3. The van der Waals surface area contributed by atoms with E-state index in [1.165, 1.54) is 4.90 Å². The molecular weight excluding hydrogens is 198 g/mol. The Kier molecular flexibility index (Phi) is 6.70. The topological polar surface area (TPSA) is 66.8 Å². The van der Waals surface area contributed by atoms with Crippen molar-refractivity contribution < 1.29 is 19.4 Å². The second-order valence-corrected chi connectivity index (χ2v) is 3.10. The van der Waals surface area contributed by atoms with Crippen LogP contribution < -0.4 is 0 Å². The average Bonchev–Trinajstić information content (AvgIpc) is 2.21. The Hall–Kier alpha value is -1.10. The fraction of sp³-hybridized carbons (Fsp3) is 0.800. The van der Waals surface area contributed by atoms with E-state index in [0.29, 0.717) is 19.6 Å². The van der Waals surface area contributed by atoms with Crippen LogP contribution >= 0.6 is 0 Å². The monoisotopic (exact) mass is 217 g/mol. The average molecular weight is 217 g/mol. The third-order valence-electron chi connectivity index (χ3n) is 2.03. The number of carboxylic acids is 1. The van der Waals surface area contributed by atoms with Gasteiger partial charge in [0.2, 0.25) is 0 Å². The molecule has 0 aromatic carbocycles. The lowest BCUT2D eigenvalue weighted by Crippen LogP contribution is -2.42. The van der Waals surface area contributed by atoms with E-state index >= 15 is 0 Å². The summed E-state index contributed by atoms with van der Waals surface area (Å²) in [6, 6.07) is 0. The number of carbonyl (C=O) groups is 2. The fourth-order valence-electron chi connectivity index (χ4n) is 1.28. The van der Waals surface area contributed by atoms with Gasteiger partial charge in [0.15, 0.2) is 0 Å². The molecular formula is C10H19NO4. The summed E-state index contributed by atoms with van der Waals surface area (Å²) >= 11 is 0. The van der Waals surface area contributed by atoms with Gasteiger partial charge in [-0.25, -0.2) is 0 Å². The number of nitrogens with zero attached hydrogens (tertiary/aromatic N) is 1.